The maximum absolute atomic E-state index is 13.2. The van der Waals surface area contributed by atoms with Crippen LogP contribution >= 0.6 is 0 Å². The molecule has 1 aromatic carbocycles. The predicted molar refractivity (Wildman–Crippen MR) is 62.5 cm³/mol. The number of rotatable bonds is 6. The average molecular weight is 243 g/mol. The van der Waals surface area contributed by atoms with Gasteiger partial charge in [0, 0.05) is 12.6 Å². The van der Waals surface area contributed by atoms with Crippen LogP contribution in [0.4, 0.5) is 4.39 Å². The van der Waals surface area contributed by atoms with E-state index in [0.717, 1.165) is 5.56 Å². The minimum Gasteiger partial charge on any atom is -0.494 e. The van der Waals surface area contributed by atoms with E-state index in [1.165, 1.54) is 13.2 Å². The quantitative estimate of drug-likeness (QED) is 0.693. The van der Waals surface area contributed by atoms with Gasteiger partial charge in [-0.15, -0.1) is 0 Å². The summed E-state index contributed by atoms with van der Waals surface area (Å²) < 4.78 is 18.1. The molecule has 17 heavy (non-hydrogen) atoms. The first-order valence-corrected chi connectivity index (χ1v) is 5.44. The molecule has 0 aliphatic heterocycles. The molecule has 0 saturated carbocycles. The summed E-state index contributed by atoms with van der Waals surface area (Å²) in [4.78, 5) is 0. The van der Waals surface area contributed by atoms with Crippen molar-refractivity contribution in [2.24, 2.45) is 0 Å². The highest BCUT2D eigenvalue weighted by molar-refractivity contribution is 5.31. The Morgan fingerprint density at radius 1 is 1.47 bits per heavy atom. The van der Waals surface area contributed by atoms with Gasteiger partial charge in [-0.3, -0.25) is 0 Å². The first kappa shape index (κ1) is 13.9. The van der Waals surface area contributed by atoms with Crippen LogP contribution < -0.4 is 10.1 Å². The summed E-state index contributed by atoms with van der Waals surface area (Å²) in [6.07, 6.45) is -0.792. The number of hydrogen-bond donors (Lipinski definition) is 3. The van der Waals surface area contributed by atoms with Crippen LogP contribution in [0, 0.1) is 5.82 Å². The lowest BCUT2D eigenvalue weighted by Crippen LogP contribution is -2.31. The van der Waals surface area contributed by atoms with Crippen molar-refractivity contribution in [3.05, 3.63) is 29.6 Å². The zero-order valence-corrected chi connectivity index (χ0v) is 9.98. The molecule has 0 aliphatic rings. The third-order valence-electron chi connectivity index (χ3n) is 2.55. The molecule has 0 spiro atoms. The molecular weight excluding hydrogens is 225 g/mol. The zero-order valence-electron chi connectivity index (χ0n) is 9.98. The first-order chi connectivity index (χ1) is 8.08. The molecule has 96 valence electrons. The Balaban J connectivity index is 2.65. The van der Waals surface area contributed by atoms with Gasteiger partial charge < -0.3 is 20.3 Å². The zero-order chi connectivity index (χ0) is 12.8. The Morgan fingerprint density at radius 2 is 2.18 bits per heavy atom. The van der Waals surface area contributed by atoms with Gasteiger partial charge in [0.15, 0.2) is 11.6 Å². The molecular formula is C12H18FNO3. The normalized spacial score (nSPS) is 14.4. The number of hydrogen-bond acceptors (Lipinski definition) is 4. The van der Waals surface area contributed by atoms with Crippen molar-refractivity contribution in [3.63, 3.8) is 0 Å². The average Bonchev–Trinajstić information content (AvgIpc) is 2.35. The van der Waals surface area contributed by atoms with Crippen LogP contribution in [0.3, 0.4) is 0 Å². The minimum absolute atomic E-state index is 0.0642. The van der Waals surface area contributed by atoms with Crippen LogP contribution in [-0.2, 0) is 0 Å². The van der Waals surface area contributed by atoms with Gasteiger partial charge in [0.2, 0.25) is 0 Å². The van der Waals surface area contributed by atoms with Crippen molar-refractivity contribution in [2.75, 3.05) is 20.3 Å². The summed E-state index contributed by atoms with van der Waals surface area (Å²) in [5, 5.41) is 20.9. The van der Waals surface area contributed by atoms with Crippen molar-refractivity contribution in [1.29, 1.82) is 0 Å². The van der Waals surface area contributed by atoms with Crippen LogP contribution in [0.25, 0.3) is 0 Å². The molecule has 0 aromatic heterocycles. The van der Waals surface area contributed by atoms with Crippen molar-refractivity contribution in [2.45, 2.75) is 19.1 Å². The second kappa shape index (κ2) is 6.54. The lowest BCUT2D eigenvalue weighted by Gasteiger charge is -2.17. The van der Waals surface area contributed by atoms with E-state index in [1.807, 2.05) is 6.92 Å². The van der Waals surface area contributed by atoms with Crippen LogP contribution in [0.1, 0.15) is 18.5 Å². The van der Waals surface area contributed by atoms with Crippen LogP contribution in [-0.4, -0.2) is 36.6 Å². The van der Waals surface area contributed by atoms with Gasteiger partial charge in [0.1, 0.15) is 0 Å². The number of aliphatic hydroxyl groups excluding tert-OH is 2. The van der Waals surface area contributed by atoms with E-state index >= 15 is 0 Å². The van der Waals surface area contributed by atoms with Gasteiger partial charge in [-0.25, -0.2) is 4.39 Å². The highest BCUT2D eigenvalue weighted by Crippen LogP contribution is 2.22. The monoisotopic (exact) mass is 243 g/mol. The lowest BCUT2D eigenvalue weighted by molar-refractivity contribution is 0.0924. The lowest BCUT2D eigenvalue weighted by atomic mass is 10.1. The van der Waals surface area contributed by atoms with E-state index in [4.69, 9.17) is 9.84 Å². The second-order valence-electron chi connectivity index (χ2n) is 3.86. The summed E-state index contributed by atoms with van der Waals surface area (Å²) >= 11 is 0. The molecule has 0 heterocycles. The van der Waals surface area contributed by atoms with Crippen LogP contribution in [0.2, 0.25) is 0 Å². The smallest absolute Gasteiger partial charge is 0.165 e. The summed E-state index contributed by atoms with van der Waals surface area (Å²) in [5.41, 5.74) is 0.855. The molecule has 1 rings (SSSR count). The maximum Gasteiger partial charge on any atom is 0.165 e. The van der Waals surface area contributed by atoms with Gasteiger partial charge in [-0.1, -0.05) is 6.07 Å². The van der Waals surface area contributed by atoms with Crippen molar-refractivity contribution >= 4 is 0 Å². The molecule has 0 fully saturated rings. The number of methoxy groups -OCH3 is 1. The van der Waals surface area contributed by atoms with Crippen molar-refractivity contribution < 1.29 is 19.3 Å². The van der Waals surface area contributed by atoms with Gasteiger partial charge in [-0.2, -0.15) is 0 Å². The third kappa shape index (κ3) is 3.96. The Kier molecular flexibility index (Phi) is 5.34. The molecule has 5 heteroatoms. The van der Waals surface area contributed by atoms with E-state index in [1.54, 1.807) is 12.1 Å². The molecule has 4 nitrogen and oxygen atoms in total. The summed E-state index contributed by atoms with van der Waals surface area (Å²) in [6, 6.07) is 4.54. The summed E-state index contributed by atoms with van der Waals surface area (Å²) in [5.74, 6) is -0.210. The van der Waals surface area contributed by atoms with E-state index in [0.29, 0.717) is 0 Å². The van der Waals surface area contributed by atoms with Crippen molar-refractivity contribution in [1.82, 2.24) is 5.32 Å². The van der Waals surface area contributed by atoms with Gasteiger partial charge in [0.25, 0.3) is 0 Å². The van der Waals surface area contributed by atoms with Gasteiger partial charge >= 0.3 is 0 Å². The molecule has 0 amide bonds. The number of ether oxygens (including phenoxy) is 1. The first-order valence-electron chi connectivity index (χ1n) is 5.44. The molecule has 0 aliphatic carbocycles. The fourth-order valence-corrected chi connectivity index (χ4v) is 1.44. The predicted octanol–water partition coefficient (Wildman–Crippen LogP) is 0.838. The van der Waals surface area contributed by atoms with E-state index in [2.05, 4.69) is 5.32 Å². The van der Waals surface area contributed by atoms with E-state index in [-0.39, 0.29) is 24.9 Å². The molecule has 3 N–H and O–H groups in total. The van der Waals surface area contributed by atoms with E-state index in [9.17, 15) is 9.50 Å². The number of nitrogens with one attached hydrogen (secondary N) is 1. The Labute approximate surface area is 100 Å². The number of halogens is 1. The topological polar surface area (TPSA) is 61.7 Å². The number of benzene rings is 1. The molecule has 0 saturated heterocycles. The summed E-state index contributed by atoms with van der Waals surface area (Å²) in [7, 11) is 1.41. The molecule has 2 atom stereocenters. The molecule has 0 radical (unpaired) electrons. The highest BCUT2D eigenvalue weighted by atomic mass is 19.1. The molecule has 2 unspecified atom stereocenters. The SMILES string of the molecule is COc1cc(C(C)NCC(O)CO)ccc1F. The van der Waals surface area contributed by atoms with Gasteiger partial charge in [-0.05, 0) is 24.6 Å². The second-order valence-corrected chi connectivity index (χ2v) is 3.86. The Bertz CT molecular complexity index is 360. The third-order valence-corrected chi connectivity index (χ3v) is 2.55. The molecule has 1 aromatic rings. The van der Waals surface area contributed by atoms with Crippen LogP contribution in [0.15, 0.2) is 18.2 Å². The highest BCUT2D eigenvalue weighted by Gasteiger charge is 2.10. The summed E-state index contributed by atoms with van der Waals surface area (Å²) in [6.45, 7) is 1.88. The van der Waals surface area contributed by atoms with Crippen LogP contribution in [0.5, 0.6) is 5.75 Å². The fraction of sp³-hybridized carbons (Fsp3) is 0.500. The fourth-order valence-electron chi connectivity index (χ4n) is 1.44. The number of aliphatic hydroxyl groups is 2. The maximum atomic E-state index is 13.2. The van der Waals surface area contributed by atoms with Crippen molar-refractivity contribution in [3.8, 4) is 5.75 Å². The Hall–Kier alpha value is -1.17. The minimum atomic E-state index is -0.792. The Morgan fingerprint density at radius 3 is 2.76 bits per heavy atom. The van der Waals surface area contributed by atoms with Gasteiger partial charge in [0.05, 0.1) is 19.8 Å². The largest absolute Gasteiger partial charge is 0.494 e. The van der Waals surface area contributed by atoms with E-state index < -0.39 is 11.9 Å². The molecule has 0 bridgehead atoms. The standard InChI is InChI=1S/C12H18FNO3/c1-8(14-6-10(16)7-15)9-3-4-11(13)12(5-9)17-2/h3-5,8,10,14-16H,6-7H2,1-2H3.